The van der Waals surface area contributed by atoms with Gasteiger partial charge in [0.05, 0.1) is 6.10 Å². The molecule has 0 radical (unpaired) electrons. The maximum Gasteiger partial charge on any atom is 0.329 e. The molecule has 0 spiro atoms. The lowest BCUT2D eigenvalue weighted by Crippen LogP contribution is -2.35. The highest BCUT2D eigenvalue weighted by atomic mass is 16.5. The molecule has 30 heavy (non-hydrogen) atoms. The largest absolute Gasteiger partial charge is 0.480 e. The normalized spacial score (nSPS) is 19.8. The van der Waals surface area contributed by atoms with Crippen molar-refractivity contribution in [1.29, 1.82) is 0 Å². The fourth-order valence-corrected chi connectivity index (χ4v) is 3.74. The molecule has 0 aromatic heterocycles. The lowest BCUT2D eigenvalue weighted by atomic mass is 10.0. The number of hydrogen-bond donors (Lipinski definition) is 3. The van der Waals surface area contributed by atoms with Crippen LogP contribution in [-0.2, 0) is 20.7 Å². The van der Waals surface area contributed by atoms with E-state index in [4.69, 9.17) is 9.84 Å². The minimum Gasteiger partial charge on any atom is -0.480 e. The number of nitrogens with zero attached hydrogens (tertiary/aromatic N) is 1. The Bertz CT molecular complexity index is 839. The first-order valence-corrected chi connectivity index (χ1v) is 10.1. The summed E-state index contributed by atoms with van der Waals surface area (Å²) in [5, 5.41) is 29.1. The van der Waals surface area contributed by atoms with Gasteiger partial charge in [-0.25, -0.2) is 4.79 Å². The van der Waals surface area contributed by atoms with Crippen molar-refractivity contribution in [3.05, 3.63) is 65.7 Å². The number of carboxylic acids is 1. The molecule has 2 aromatic rings. The van der Waals surface area contributed by atoms with Gasteiger partial charge in [-0.15, -0.1) is 0 Å². The molecule has 3 unspecified atom stereocenters. The number of aliphatic carboxylic acids is 1. The number of aryl methyl sites for hydroxylation is 1. The van der Waals surface area contributed by atoms with E-state index in [0.29, 0.717) is 18.5 Å². The zero-order chi connectivity index (χ0) is 21.5. The Kier molecular flexibility index (Phi) is 7.57. The molecule has 1 aliphatic rings. The van der Waals surface area contributed by atoms with E-state index in [2.05, 4.69) is 0 Å². The van der Waals surface area contributed by atoms with Gasteiger partial charge < -0.3 is 25.0 Å². The minimum absolute atomic E-state index is 0.184. The van der Waals surface area contributed by atoms with Crippen LogP contribution < -0.4 is 4.90 Å². The van der Waals surface area contributed by atoms with Gasteiger partial charge in [0.2, 0.25) is 0 Å². The summed E-state index contributed by atoms with van der Waals surface area (Å²) < 4.78 is 5.07. The van der Waals surface area contributed by atoms with E-state index >= 15 is 0 Å². The molecular weight excluding hydrogens is 386 g/mol. The number of carbonyl (C=O) groups is 2. The summed E-state index contributed by atoms with van der Waals surface area (Å²) in [6, 6.07) is 16.8. The summed E-state index contributed by atoms with van der Waals surface area (Å²) in [4.78, 5) is 24.5. The predicted molar refractivity (Wildman–Crippen MR) is 111 cm³/mol. The second-order valence-electron chi connectivity index (χ2n) is 7.48. The Morgan fingerprint density at radius 3 is 2.50 bits per heavy atom. The summed E-state index contributed by atoms with van der Waals surface area (Å²) >= 11 is 0. The monoisotopic (exact) mass is 413 g/mol. The van der Waals surface area contributed by atoms with Crippen molar-refractivity contribution in [3.63, 3.8) is 0 Å². The number of carbonyl (C=O) groups excluding carboxylic acids is 1. The van der Waals surface area contributed by atoms with Gasteiger partial charge in [-0.05, 0) is 42.5 Å². The molecule has 160 valence electrons. The molecule has 1 heterocycles. The van der Waals surface area contributed by atoms with Crippen LogP contribution in [0.5, 0.6) is 0 Å². The van der Waals surface area contributed by atoms with E-state index < -0.39 is 24.8 Å². The number of benzene rings is 2. The number of aliphatic hydroxyl groups is 2. The Labute approximate surface area is 175 Å². The van der Waals surface area contributed by atoms with Crippen LogP contribution in [0.15, 0.2) is 54.6 Å². The number of hydrogen-bond acceptors (Lipinski definition) is 5. The van der Waals surface area contributed by atoms with Crippen molar-refractivity contribution in [3.8, 4) is 0 Å². The van der Waals surface area contributed by atoms with Gasteiger partial charge >= 0.3 is 5.97 Å². The average molecular weight is 413 g/mol. The number of rotatable bonds is 10. The number of anilines is 1. The third-order valence-corrected chi connectivity index (χ3v) is 5.31. The quantitative estimate of drug-likeness (QED) is 0.516. The zero-order valence-electron chi connectivity index (χ0n) is 16.7. The number of aliphatic hydroxyl groups excluding tert-OH is 2. The van der Waals surface area contributed by atoms with Crippen LogP contribution in [-0.4, -0.2) is 52.6 Å². The van der Waals surface area contributed by atoms with Crippen molar-refractivity contribution < 1.29 is 29.6 Å². The molecule has 2 aromatic carbocycles. The van der Waals surface area contributed by atoms with Gasteiger partial charge in [-0.3, -0.25) is 4.79 Å². The van der Waals surface area contributed by atoms with Crippen LogP contribution in [0, 0.1) is 0 Å². The lowest BCUT2D eigenvalue weighted by Gasteiger charge is -2.25. The molecule has 0 aliphatic carbocycles. The zero-order valence-corrected chi connectivity index (χ0v) is 16.7. The number of carboxylic acid groups (broad SMARTS) is 1. The van der Waals surface area contributed by atoms with Crippen LogP contribution >= 0.6 is 0 Å². The smallest absolute Gasteiger partial charge is 0.329 e. The highest BCUT2D eigenvalue weighted by molar-refractivity contribution is 5.99. The van der Waals surface area contributed by atoms with Crippen molar-refractivity contribution in [2.75, 3.05) is 18.1 Å². The van der Waals surface area contributed by atoms with Crippen molar-refractivity contribution in [1.82, 2.24) is 0 Å². The highest BCUT2D eigenvalue weighted by Gasteiger charge is 2.39. The summed E-state index contributed by atoms with van der Waals surface area (Å²) in [5.41, 5.74) is 2.57. The van der Waals surface area contributed by atoms with Crippen LogP contribution in [0.3, 0.4) is 0 Å². The summed E-state index contributed by atoms with van der Waals surface area (Å²) in [7, 11) is 0. The second kappa shape index (κ2) is 10.3. The lowest BCUT2D eigenvalue weighted by molar-refractivity contribution is -0.142. The third-order valence-electron chi connectivity index (χ3n) is 5.31. The van der Waals surface area contributed by atoms with E-state index in [-0.39, 0.29) is 25.0 Å². The van der Waals surface area contributed by atoms with E-state index in [9.17, 15) is 19.8 Å². The maximum absolute atomic E-state index is 12.4. The van der Waals surface area contributed by atoms with Gasteiger partial charge in [-0.2, -0.15) is 0 Å². The van der Waals surface area contributed by atoms with Gasteiger partial charge in [0.25, 0.3) is 5.91 Å². The van der Waals surface area contributed by atoms with Crippen molar-refractivity contribution in [2.24, 2.45) is 0 Å². The molecule has 3 atom stereocenters. The van der Waals surface area contributed by atoms with E-state index in [1.807, 2.05) is 30.3 Å². The first kappa shape index (κ1) is 22.0. The molecule has 1 aliphatic heterocycles. The molecule has 3 rings (SSSR count). The summed E-state index contributed by atoms with van der Waals surface area (Å²) in [5.74, 6) is -1.42. The Hall–Kier alpha value is -2.74. The fraction of sp³-hybridized carbons (Fsp3) is 0.391. The Morgan fingerprint density at radius 1 is 1.13 bits per heavy atom. The van der Waals surface area contributed by atoms with Crippen LogP contribution in [0.1, 0.15) is 36.5 Å². The molecule has 0 saturated carbocycles. The van der Waals surface area contributed by atoms with Crippen molar-refractivity contribution >= 4 is 17.6 Å². The van der Waals surface area contributed by atoms with Crippen molar-refractivity contribution in [2.45, 2.75) is 43.9 Å². The van der Waals surface area contributed by atoms with Gasteiger partial charge in [-0.1, -0.05) is 42.5 Å². The Morgan fingerprint density at radius 2 is 1.83 bits per heavy atom. The van der Waals surface area contributed by atoms with Gasteiger partial charge in [0.15, 0.2) is 0 Å². The van der Waals surface area contributed by atoms with E-state index in [0.717, 1.165) is 17.5 Å². The van der Waals surface area contributed by atoms with Gasteiger partial charge in [0.1, 0.15) is 12.7 Å². The SMILES string of the molecule is O=C(O)COCCC1CC(O)C(=O)N1c1ccc(C(O)CCc2ccccc2)cc1. The molecular formula is C23H27NO6. The molecule has 1 amide bonds. The molecule has 1 fully saturated rings. The number of amides is 1. The first-order valence-electron chi connectivity index (χ1n) is 10.1. The van der Waals surface area contributed by atoms with Gasteiger partial charge in [0, 0.05) is 24.8 Å². The van der Waals surface area contributed by atoms with Crippen LogP contribution in [0.25, 0.3) is 0 Å². The average Bonchev–Trinajstić information content (AvgIpc) is 3.03. The van der Waals surface area contributed by atoms with Crippen LogP contribution in [0.2, 0.25) is 0 Å². The first-order chi connectivity index (χ1) is 14.5. The standard InChI is InChI=1S/C23H27NO6/c25-20(11-6-16-4-2-1-3-5-16)17-7-9-18(10-8-17)24-19(14-21(26)23(24)29)12-13-30-15-22(27)28/h1-5,7-10,19-21,25-26H,6,11-15H2,(H,27,28). The van der Waals surface area contributed by atoms with E-state index in [1.165, 1.54) is 4.90 Å². The van der Waals surface area contributed by atoms with E-state index in [1.54, 1.807) is 24.3 Å². The molecule has 3 N–H and O–H groups in total. The fourth-order valence-electron chi connectivity index (χ4n) is 3.74. The molecule has 1 saturated heterocycles. The molecule has 7 nitrogen and oxygen atoms in total. The Balaban J connectivity index is 1.61. The predicted octanol–water partition coefficient (Wildman–Crippen LogP) is 2.31. The maximum atomic E-state index is 12.4. The second-order valence-corrected chi connectivity index (χ2v) is 7.48. The molecule has 0 bridgehead atoms. The summed E-state index contributed by atoms with van der Waals surface area (Å²) in [6.07, 6.45) is 0.367. The minimum atomic E-state index is -1.08. The highest BCUT2D eigenvalue weighted by Crippen LogP contribution is 2.30. The number of ether oxygens (including phenoxy) is 1. The van der Waals surface area contributed by atoms with Crippen LogP contribution in [0.4, 0.5) is 5.69 Å². The molecule has 7 heteroatoms. The summed E-state index contributed by atoms with van der Waals surface area (Å²) in [6.45, 7) is -0.206. The topological polar surface area (TPSA) is 107 Å². The third kappa shape index (κ3) is 5.66.